The Morgan fingerprint density at radius 2 is 1.66 bits per heavy atom. The van der Waals surface area contributed by atoms with E-state index in [2.05, 4.69) is 0 Å². The average Bonchev–Trinajstić information content (AvgIpc) is 3.07. The summed E-state index contributed by atoms with van der Waals surface area (Å²) in [6, 6.07) is 9.76. The number of piperidine rings is 1. The van der Waals surface area contributed by atoms with Crippen LogP contribution in [0.25, 0.3) is 0 Å². The molecule has 2 saturated heterocycles. The Balaban J connectivity index is 1.37. The van der Waals surface area contributed by atoms with Crippen molar-refractivity contribution in [2.45, 2.75) is 56.8 Å². The van der Waals surface area contributed by atoms with Crippen LogP contribution in [0.3, 0.4) is 0 Å². The summed E-state index contributed by atoms with van der Waals surface area (Å²) in [6.07, 6.45) is 2.68. The quantitative estimate of drug-likeness (QED) is 0.554. The Labute approximate surface area is 203 Å². The smallest absolute Gasteiger partial charge is 0.239 e. The lowest BCUT2D eigenvalue weighted by atomic mass is 9.82. The number of benzene rings is 2. The molecule has 0 radical (unpaired) electrons. The first-order valence-corrected chi connectivity index (χ1v) is 13.3. The van der Waals surface area contributed by atoms with E-state index in [1.165, 1.54) is 11.4 Å². The molecule has 2 aliphatic rings. The Morgan fingerprint density at radius 3 is 2.29 bits per heavy atom. The first-order valence-electron chi connectivity index (χ1n) is 11.7. The van der Waals surface area contributed by atoms with Gasteiger partial charge in [0.1, 0.15) is 11.6 Å². The molecule has 4 rings (SSSR count). The maximum absolute atomic E-state index is 14.1. The van der Waals surface area contributed by atoms with Gasteiger partial charge in [-0.1, -0.05) is 30.3 Å². The van der Waals surface area contributed by atoms with E-state index in [0.717, 1.165) is 24.5 Å². The summed E-state index contributed by atoms with van der Waals surface area (Å²) < 4.78 is 67.8. The summed E-state index contributed by atoms with van der Waals surface area (Å²) in [4.78, 5) is 14.8. The standard InChI is InChI=1S/C25H30F3N3O3S/c1-30(14-16-5-3-2-4-6-16)35(33,34)15-25(32)31-19-7-8-20(31)10-18(9-19)24(29)12-17-11-22(27)23(28)13-21(17)26/h2-6,11,13,18-20,24H,7-10,12,14-15,29H2,1H3/t18?,19?,20?,24-/m1/s1. The number of fused-ring (bicyclic) bond motifs is 2. The number of hydrogen-bond donors (Lipinski definition) is 1. The van der Waals surface area contributed by atoms with Gasteiger partial charge in [-0.05, 0) is 55.2 Å². The normalized spacial score (nSPS) is 23.0. The van der Waals surface area contributed by atoms with Gasteiger partial charge >= 0.3 is 0 Å². The van der Waals surface area contributed by atoms with Crippen molar-refractivity contribution in [3.05, 3.63) is 71.0 Å². The molecule has 10 heteroatoms. The van der Waals surface area contributed by atoms with Crippen LogP contribution < -0.4 is 5.73 Å². The van der Waals surface area contributed by atoms with Crippen LogP contribution in [0.4, 0.5) is 13.2 Å². The lowest BCUT2D eigenvalue weighted by molar-refractivity contribution is -0.133. The van der Waals surface area contributed by atoms with Crippen molar-refractivity contribution in [1.82, 2.24) is 9.21 Å². The van der Waals surface area contributed by atoms with Gasteiger partial charge in [-0.2, -0.15) is 0 Å². The highest BCUT2D eigenvalue weighted by Crippen LogP contribution is 2.40. The average molecular weight is 510 g/mol. The number of carbonyl (C=O) groups is 1. The van der Waals surface area contributed by atoms with Gasteiger partial charge in [0.2, 0.25) is 15.9 Å². The topological polar surface area (TPSA) is 83.7 Å². The van der Waals surface area contributed by atoms with Gasteiger partial charge in [0.05, 0.1) is 0 Å². The highest BCUT2D eigenvalue weighted by Gasteiger charge is 2.45. The van der Waals surface area contributed by atoms with Crippen LogP contribution in [0, 0.1) is 23.4 Å². The van der Waals surface area contributed by atoms with Crippen LogP contribution in [0.5, 0.6) is 0 Å². The lowest BCUT2D eigenvalue weighted by Gasteiger charge is -2.41. The molecule has 0 spiro atoms. The molecular weight excluding hydrogens is 479 g/mol. The van der Waals surface area contributed by atoms with E-state index in [4.69, 9.17) is 5.73 Å². The Kier molecular flexibility index (Phi) is 7.54. The van der Waals surface area contributed by atoms with E-state index in [-0.39, 0.29) is 36.5 Å². The minimum absolute atomic E-state index is 0.0230. The molecule has 0 aliphatic carbocycles. The number of amides is 1. The first-order chi connectivity index (χ1) is 16.5. The second kappa shape index (κ2) is 10.3. The van der Waals surface area contributed by atoms with E-state index in [9.17, 15) is 26.4 Å². The molecule has 2 fully saturated rings. The molecule has 2 heterocycles. The molecule has 2 bridgehead atoms. The Hall–Kier alpha value is -2.43. The molecule has 0 aromatic heterocycles. The van der Waals surface area contributed by atoms with Crippen molar-refractivity contribution in [2.24, 2.45) is 11.7 Å². The van der Waals surface area contributed by atoms with Crippen molar-refractivity contribution in [1.29, 1.82) is 0 Å². The zero-order chi connectivity index (χ0) is 25.3. The second-order valence-electron chi connectivity index (χ2n) is 9.64. The lowest BCUT2D eigenvalue weighted by Crippen LogP contribution is -2.52. The Morgan fingerprint density at radius 1 is 1.06 bits per heavy atom. The molecule has 190 valence electrons. The largest absolute Gasteiger partial charge is 0.336 e. The zero-order valence-corrected chi connectivity index (χ0v) is 20.4. The van der Waals surface area contributed by atoms with Gasteiger partial charge in [0.25, 0.3) is 0 Å². The van der Waals surface area contributed by atoms with Crippen LogP contribution in [0.15, 0.2) is 42.5 Å². The van der Waals surface area contributed by atoms with Crippen LogP contribution in [0.1, 0.15) is 36.8 Å². The zero-order valence-electron chi connectivity index (χ0n) is 19.5. The summed E-state index contributed by atoms with van der Waals surface area (Å²) >= 11 is 0. The molecule has 35 heavy (non-hydrogen) atoms. The summed E-state index contributed by atoms with van der Waals surface area (Å²) in [6.45, 7) is 0.181. The molecule has 1 amide bonds. The van der Waals surface area contributed by atoms with Crippen molar-refractivity contribution in [3.63, 3.8) is 0 Å². The van der Waals surface area contributed by atoms with Crippen LogP contribution in [0.2, 0.25) is 0 Å². The SMILES string of the molecule is CN(Cc1ccccc1)S(=O)(=O)CC(=O)N1C2CCC1CC([C@H](N)Cc1cc(F)c(F)cc1F)C2. The fraction of sp³-hybridized carbons (Fsp3) is 0.480. The van der Waals surface area contributed by atoms with Crippen molar-refractivity contribution in [2.75, 3.05) is 12.8 Å². The monoisotopic (exact) mass is 509 g/mol. The van der Waals surface area contributed by atoms with Crippen molar-refractivity contribution >= 4 is 15.9 Å². The van der Waals surface area contributed by atoms with Crippen molar-refractivity contribution < 1.29 is 26.4 Å². The van der Waals surface area contributed by atoms with Gasteiger partial charge in [-0.15, -0.1) is 0 Å². The van der Waals surface area contributed by atoms with Crippen LogP contribution in [-0.4, -0.2) is 54.5 Å². The van der Waals surface area contributed by atoms with Gasteiger partial charge in [-0.3, -0.25) is 4.79 Å². The number of halogens is 3. The molecule has 3 atom stereocenters. The summed E-state index contributed by atoms with van der Waals surface area (Å²) in [5.74, 6) is -4.25. The van der Waals surface area contributed by atoms with Crippen molar-refractivity contribution in [3.8, 4) is 0 Å². The summed E-state index contributed by atoms with van der Waals surface area (Å²) in [7, 11) is -2.33. The third kappa shape index (κ3) is 5.70. The molecule has 6 nitrogen and oxygen atoms in total. The first kappa shape index (κ1) is 25.7. The number of carbonyl (C=O) groups excluding carboxylic acids is 1. The molecular formula is C25H30F3N3O3S. The molecule has 2 aromatic carbocycles. The van der Waals surface area contributed by atoms with Crippen LogP contribution in [-0.2, 0) is 27.8 Å². The van der Waals surface area contributed by atoms with E-state index < -0.39 is 45.2 Å². The van der Waals surface area contributed by atoms with Gasteiger partial charge in [0, 0.05) is 37.8 Å². The number of sulfonamides is 1. The highest BCUT2D eigenvalue weighted by atomic mass is 32.2. The van der Waals surface area contributed by atoms with E-state index in [1.54, 1.807) is 4.90 Å². The predicted molar refractivity (Wildman–Crippen MR) is 126 cm³/mol. The number of nitrogens with zero attached hydrogens (tertiary/aromatic N) is 2. The van der Waals surface area contributed by atoms with E-state index in [1.807, 2.05) is 30.3 Å². The maximum atomic E-state index is 14.1. The van der Waals surface area contributed by atoms with Gasteiger partial charge in [-0.25, -0.2) is 25.9 Å². The molecule has 2 unspecified atom stereocenters. The van der Waals surface area contributed by atoms with Gasteiger partial charge in [0.15, 0.2) is 11.6 Å². The third-order valence-corrected chi connectivity index (χ3v) is 8.93. The highest BCUT2D eigenvalue weighted by molar-refractivity contribution is 7.89. The molecule has 2 aromatic rings. The summed E-state index contributed by atoms with van der Waals surface area (Å²) in [5, 5.41) is 0. The number of nitrogens with two attached hydrogens (primary N) is 1. The van der Waals surface area contributed by atoms with Gasteiger partial charge < -0.3 is 10.6 Å². The molecule has 0 saturated carbocycles. The fourth-order valence-electron chi connectivity index (χ4n) is 5.40. The Bertz CT molecular complexity index is 1170. The predicted octanol–water partition coefficient (Wildman–Crippen LogP) is 3.21. The molecule has 2 aliphatic heterocycles. The number of hydrogen-bond acceptors (Lipinski definition) is 4. The van der Waals surface area contributed by atoms with Crippen LogP contribution >= 0.6 is 0 Å². The fourth-order valence-corrected chi connectivity index (χ4v) is 6.42. The summed E-state index contributed by atoms with van der Waals surface area (Å²) in [5.41, 5.74) is 7.19. The molecule has 2 N–H and O–H groups in total. The second-order valence-corrected chi connectivity index (χ2v) is 11.7. The van der Waals surface area contributed by atoms with E-state index >= 15 is 0 Å². The van der Waals surface area contributed by atoms with E-state index in [0.29, 0.717) is 18.9 Å². The third-order valence-electron chi connectivity index (χ3n) is 7.24. The maximum Gasteiger partial charge on any atom is 0.239 e. The number of rotatable bonds is 8. The minimum atomic E-state index is -3.80. The minimum Gasteiger partial charge on any atom is -0.336 e.